The molecule has 3 rings (SSSR count). The first kappa shape index (κ1) is 13.1. The Labute approximate surface area is 122 Å². The fourth-order valence-electron chi connectivity index (χ4n) is 2.17. The number of ether oxygens (including phenoxy) is 1. The van der Waals surface area contributed by atoms with Gasteiger partial charge >= 0.3 is 5.97 Å². The summed E-state index contributed by atoms with van der Waals surface area (Å²) in [7, 11) is 1.37. The van der Waals surface area contributed by atoms with Crippen LogP contribution in [0.2, 0.25) is 0 Å². The maximum absolute atomic E-state index is 11.4. The van der Waals surface area contributed by atoms with Gasteiger partial charge in [0.2, 0.25) is 0 Å². The molecule has 1 aromatic heterocycles. The molecule has 0 aliphatic heterocycles. The number of nitrogens with one attached hydrogen (secondary N) is 1. The molecule has 2 aromatic carbocycles. The summed E-state index contributed by atoms with van der Waals surface area (Å²) in [5.41, 5.74) is 3.26. The molecule has 0 spiro atoms. The fourth-order valence-corrected chi connectivity index (χ4v) is 2.17. The van der Waals surface area contributed by atoms with Gasteiger partial charge in [0, 0.05) is 17.3 Å². The first-order valence-corrected chi connectivity index (χ1v) is 6.57. The normalized spacial score (nSPS) is 10.3. The highest BCUT2D eigenvalue weighted by Crippen LogP contribution is 2.24. The van der Waals surface area contributed by atoms with Crippen LogP contribution in [0.4, 0.5) is 11.4 Å². The summed E-state index contributed by atoms with van der Waals surface area (Å²) in [5, 5.41) is 4.39. The summed E-state index contributed by atoms with van der Waals surface area (Å²) >= 11 is 0. The minimum atomic E-state index is -0.339. The van der Waals surface area contributed by atoms with Crippen molar-refractivity contribution < 1.29 is 9.53 Å². The van der Waals surface area contributed by atoms with E-state index >= 15 is 0 Å². The first-order chi connectivity index (χ1) is 10.3. The Hall–Kier alpha value is -2.88. The number of carbonyl (C=O) groups excluding carboxylic acids is 1. The maximum Gasteiger partial charge on any atom is 0.337 e. The van der Waals surface area contributed by atoms with Crippen LogP contribution in [-0.4, -0.2) is 18.1 Å². The minimum Gasteiger partial charge on any atom is -0.465 e. The van der Waals surface area contributed by atoms with E-state index in [1.165, 1.54) is 7.11 Å². The Morgan fingerprint density at radius 1 is 1.05 bits per heavy atom. The van der Waals surface area contributed by atoms with Crippen LogP contribution in [-0.2, 0) is 4.74 Å². The molecule has 4 heteroatoms. The molecule has 0 aliphatic carbocycles. The molecule has 21 heavy (non-hydrogen) atoms. The predicted octanol–water partition coefficient (Wildman–Crippen LogP) is 3.77. The van der Waals surface area contributed by atoms with E-state index in [4.69, 9.17) is 0 Å². The van der Waals surface area contributed by atoms with E-state index in [9.17, 15) is 4.79 Å². The molecular weight excluding hydrogens is 264 g/mol. The number of hydrogen-bond donors (Lipinski definition) is 1. The van der Waals surface area contributed by atoms with E-state index in [-0.39, 0.29) is 5.97 Å². The standard InChI is InChI=1S/C17H14N2O2/c1-21-17(20)13-7-9-14(10-8-13)19-15-6-2-4-12-5-3-11-18-16(12)15/h2-11,19H,1H3. The second-order valence-electron chi connectivity index (χ2n) is 4.57. The lowest BCUT2D eigenvalue weighted by atomic mass is 10.1. The van der Waals surface area contributed by atoms with Crippen LogP contribution in [0.3, 0.4) is 0 Å². The number of nitrogens with zero attached hydrogens (tertiary/aromatic N) is 1. The van der Waals surface area contributed by atoms with Crippen molar-refractivity contribution in [3.8, 4) is 0 Å². The van der Waals surface area contributed by atoms with Gasteiger partial charge in [-0.1, -0.05) is 18.2 Å². The number of hydrogen-bond acceptors (Lipinski definition) is 4. The van der Waals surface area contributed by atoms with Gasteiger partial charge in [-0.3, -0.25) is 4.98 Å². The predicted molar refractivity (Wildman–Crippen MR) is 82.8 cm³/mol. The molecule has 0 radical (unpaired) electrons. The third-order valence-electron chi connectivity index (χ3n) is 3.22. The highest BCUT2D eigenvalue weighted by Gasteiger charge is 2.05. The molecular formula is C17H14N2O2. The van der Waals surface area contributed by atoms with Crippen LogP contribution in [0.15, 0.2) is 60.8 Å². The average Bonchev–Trinajstić information content (AvgIpc) is 2.55. The number of rotatable bonds is 3. The van der Waals surface area contributed by atoms with Gasteiger partial charge in [-0.2, -0.15) is 0 Å². The Bertz CT molecular complexity index is 777. The zero-order valence-electron chi connectivity index (χ0n) is 11.5. The molecule has 3 aromatic rings. The van der Waals surface area contributed by atoms with Gasteiger partial charge < -0.3 is 10.1 Å². The van der Waals surface area contributed by atoms with Crippen molar-refractivity contribution in [2.75, 3.05) is 12.4 Å². The van der Waals surface area contributed by atoms with Gasteiger partial charge in [0.1, 0.15) is 0 Å². The monoisotopic (exact) mass is 278 g/mol. The van der Waals surface area contributed by atoms with Crippen molar-refractivity contribution in [2.24, 2.45) is 0 Å². The van der Waals surface area contributed by atoms with E-state index in [0.717, 1.165) is 22.3 Å². The van der Waals surface area contributed by atoms with E-state index < -0.39 is 0 Å². The zero-order valence-corrected chi connectivity index (χ0v) is 11.5. The molecule has 0 aliphatic rings. The van der Waals surface area contributed by atoms with Gasteiger partial charge in [-0.25, -0.2) is 4.79 Å². The Balaban J connectivity index is 1.90. The number of para-hydroxylation sites is 1. The lowest BCUT2D eigenvalue weighted by Gasteiger charge is -2.09. The first-order valence-electron chi connectivity index (χ1n) is 6.57. The molecule has 0 amide bonds. The van der Waals surface area contributed by atoms with E-state index in [2.05, 4.69) is 15.0 Å². The van der Waals surface area contributed by atoms with Crippen LogP contribution in [0.25, 0.3) is 10.9 Å². The maximum atomic E-state index is 11.4. The highest BCUT2D eigenvalue weighted by molar-refractivity contribution is 5.93. The number of esters is 1. The van der Waals surface area contributed by atoms with Crippen molar-refractivity contribution in [1.82, 2.24) is 4.98 Å². The van der Waals surface area contributed by atoms with Crippen molar-refractivity contribution in [2.45, 2.75) is 0 Å². The van der Waals surface area contributed by atoms with Crippen LogP contribution in [0.1, 0.15) is 10.4 Å². The van der Waals surface area contributed by atoms with Crippen molar-refractivity contribution >= 4 is 28.2 Å². The van der Waals surface area contributed by atoms with Gasteiger partial charge in [0.15, 0.2) is 0 Å². The van der Waals surface area contributed by atoms with Gasteiger partial charge in [0.05, 0.1) is 23.9 Å². The Kier molecular flexibility index (Phi) is 3.51. The second-order valence-corrected chi connectivity index (χ2v) is 4.57. The number of aromatic nitrogens is 1. The van der Waals surface area contributed by atoms with Gasteiger partial charge in [-0.15, -0.1) is 0 Å². The van der Waals surface area contributed by atoms with Crippen molar-refractivity contribution in [3.05, 3.63) is 66.4 Å². The summed E-state index contributed by atoms with van der Waals surface area (Å²) in [6.07, 6.45) is 1.77. The summed E-state index contributed by atoms with van der Waals surface area (Å²) < 4.78 is 4.68. The molecule has 0 bridgehead atoms. The van der Waals surface area contributed by atoms with E-state index in [1.807, 2.05) is 42.5 Å². The molecule has 0 saturated carbocycles. The molecule has 0 atom stereocenters. The van der Waals surface area contributed by atoms with Gasteiger partial charge in [0.25, 0.3) is 0 Å². The number of anilines is 2. The lowest BCUT2D eigenvalue weighted by molar-refractivity contribution is 0.0601. The third kappa shape index (κ3) is 2.69. The number of methoxy groups -OCH3 is 1. The molecule has 0 unspecified atom stereocenters. The summed E-state index contributed by atoms with van der Waals surface area (Å²) in [6.45, 7) is 0. The number of carbonyl (C=O) groups is 1. The molecule has 0 saturated heterocycles. The Morgan fingerprint density at radius 2 is 1.81 bits per heavy atom. The summed E-state index contributed by atoms with van der Waals surface area (Å²) in [5.74, 6) is -0.339. The quantitative estimate of drug-likeness (QED) is 0.741. The number of fused-ring (bicyclic) bond motifs is 1. The minimum absolute atomic E-state index is 0.339. The molecule has 104 valence electrons. The molecule has 0 fully saturated rings. The van der Waals surface area contributed by atoms with Crippen molar-refractivity contribution in [1.29, 1.82) is 0 Å². The summed E-state index contributed by atoms with van der Waals surface area (Å²) in [4.78, 5) is 15.8. The van der Waals surface area contributed by atoms with Crippen molar-refractivity contribution in [3.63, 3.8) is 0 Å². The number of pyridine rings is 1. The molecule has 1 heterocycles. The van der Waals surface area contributed by atoms with Gasteiger partial charge in [-0.05, 0) is 36.4 Å². The third-order valence-corrected chi connectivity index (χ3v) is 3.22. The molecule has 1 N–H and O–H groups in total. The van der Waals surface area contributed by atoms with E-state index in [0.29, 0.717) is 5.56 Å². The topological polar surface area (TPSA) is 51.2 Å². The van der Waals surface area contributed by atoms with Crippen LogP contribution >= 0.6 is 0 Å². The number of benzene rings is 2. The SMILES string of the molecule is COC(=O)c1ccc(Nc2cccc3cccnc23)cc1. The highest BCUT2D eigenvalue weighted by atomic mass is 16.5. The van der Waals surface area contributed by atoms with Crippen LogP contribution in [0.5, 0.6) is 0 Å². The smallest absolute Gasteiger partial charge is 0.337 e. The Morgan fingerprint density at radius 3 is 2.57 bits per heavy atom. The average molecular weight is 278 g/mol. The van der Waals surface area contributed by atoms with E-state index in [1.54, 1.807) is 18.3 Å². The second kappa shape index (κ2) is 5.63. The van der Waals surface area contributed by atoms with Crippen LogP contribution < -0.4 is 5.32 Å². The summed E-state index contributed by atoms with van der Waals surface area (Å²) in [6, 6.07) is 17.1. The lowest BCUT2D eigenvalue weighted by Crippen LogP contribution is -2.01. The zero-order chi connectivity index (χ0) is 14.7. The van der Waals surface area contributed by atoms with Crippen LogP contribution in [0, 0.1) is 0 Å². The fraction of sp³-hybridized carbons (Fsp3) is 0.0588. The molecule has 4 nitrogen and oxygen atoms in total. The largest absolute Gasteiger partial charge is 0.465 e.